The molecule has 4 aromatic rings. The van der Waals surface area contributed by atoms with E-state index in [9.17, 15) is 14.9 Å². The normalized spacial score (nSPS) is 12.5. The second-order valence-corrected chi connectivity index (χ2v) is 7.90. The minimum atomic E-state index is -0.402. The van der Waals surface area contributed by atoms with Crippen LogP contribution in [0, 0.1) is 24.0 Å². The first kappa shape index (κ1) is 21.1. The molecule has 1 aliphatic heterocycles. The van der Waals surface area contributed by atoms with Crippen LogP contribution in [0.5, 0.6) is 11.5 Å². The molecule has 8 nitrogen and oxygen atoms in total. The van der Waals surface area contributed by atoms with Crippen molar-refractivity contribution in [1.29, 1.82) is 0 Å². The van der Waals surface area contributed by atoms with Crippen LogP contribution in [0.1, 0.15) is 27.2 Å². The Morgan fingerprint density at radius 1 is 0.941 bits per heavy atom. The number of amides is 1. The van der Waals surface area contributed by atoms with Gasteiger partial charge in [-0.1, -0.05) is 12.1 Å². The van der Waals surface area contributed by atoms with E-state index < -0.39 is 4.92 Å². The van der Waals surface area contributed by atoms with Gasteiger partial charge in [0.1, 0.15) is 17.3 Å². The second-order valence-electron chi connectivity index (χ2n) is 7.90. The Balaban J connectivity index is 1.41. The molecule has 0 fully saturated rings. The molecule has 5 rings (SSSR count). The van der Waals surface area contributed by atoms with Crippen molar-refractivity contribution >= 4 is 29.2 Å². The van der Waals surface area contributed by atoms with E-state index >= 15 is 0 Å². The molecular weight excluding hydrogens is 434 g/mol. The van der Waals surface area contributed by atoms with Crippen molar-refractivity contribution in [3.63, 3.8) is 0 Å². The molecule has 0 spiro atoms. The zero-order valence-electron chi connectivity index (χ0n) is 18.4. The fraction of sp³-hybridized carbons (Fsp3) is 0.0769. The number of nitro benzene ring substituents is 1. The summed E-state index contributed by atoms with van der Waals surface area (Å²) in [5.74, 6) is 1.71. The highest BCUT2D eigenvalue weighted by Crippen LogP contribution is 2.37. The van der Waals surface area contributed by atoms with Crippen LogP contribution in [0.2, 0.25) is 0 Å². The number of furan rings is 1. The largest absolute Gasteiger partial charge is 0.455 e. The summed E-state index contributed by atoms with van der Waals surface area (Å²) in [4.78, 5) is 28.0. The van der Waals surface area contributed by atoms with Crippen LogP contribution in [0.3, 0.4) is 0 Å². The van der Waals surface area contributed by atoms with Crippen molar-refractivity contribution < 1.29 is 18.9 Å². The zero-order chi connectivity index (χ0) is 23.8. The number of rotatable bonds is 4. The number of aryl methyl sites for hydroxylation is 2. The first-order valence-corrected chi connectivity index (χ1v) is 10.5. The number of hydrogen-bond acceptors (Lipinski definition) is 6. The molecule has 0 aliphatic carbocycles. The molecule has 0 bridgehead atoms. The van der Waals surface area contributed by atoms with Crippen molar-refractivity contribution in [2.45, 2.75) is 13.8 Å². The van der Waals surface area contributed by atoms with Gasteiger partial charge in [0.25, 0.3) is 11.6 Å². The van der Waals surface area contributed by atoms with Gasteiger partial charge in [-0.15, -0.1) is 0 Å². The second kappa shape index (κ2) is 8.32. The monoisotopic (exact) mass is 453 g/mol. The molecule has 0 atom stereocenters. The quantitative estimate of drug-likeness (QED) is 0.213. The lowest BCUT2D eigenvalue weighted by Gasteiger charge is -2.07. The number of aliphatic imine (C=N–C) groups is 1. The van der Waals surface area contributed by atoms with Crippen LogP contribution in [0.4, 0.5) is 17.1 Å². The van der Waals surface area contributed by atoms with Crippen LogP contribution >= 0.6 is 0 Å². The van der Waals surface area contributed by atoms with Crippen molar-refractivity contribution in [2.75, 3.05) is 5.32 Å². The maximum Gasteiger partial charge on any atom is 0.273 e. The molecule has 1 N–H and O–H groups in total. The third kappa shape index (κ3) is 3.93. The molecule has 3 aromatic carbocycles. The van der Waals surface area contributed by atoms with Gasteiger partial charge in [0, 0.05) is 17.2 Å². The molecule has 34 heavy (non-hydrogen) atoms. The number of anilines is 1. The summed E-state index contributed by atoms with van der Waals surface area (Å²) >= 11 is 0. The number of nitrogens with zero attached hydrogens (tertiary/aromatic N) is 2. The van der Waals surface area contributed by atoms with E-state index in [2.05, 4.69) is 10.3 Å². The number of nitro groups is 1. The highest BCUT2D eigenvalue weighted by atomic mass is 16.6. The van der Waals surface area contributed by atoms with E-state index in [0.29, 0.717) is 51.1 Å². The number of carbonyl (C=O) groups is 1. The van der Waals surface area contributed by atoms with Gasteiger partial charge in [-0.3, -0.25) is 19.9 Å². The summed E-state index contributed by atoms with van der Waals surface area (Å²) in [6.07, 6.45) is 1.54. The van der Waals surface area contributed by atoms with Crippen molar-refractivity contribution in [3.8, 4) is 22.8 Å². The number of benzene rings is 3. The van der Waals surface area contributed by atoms with Gasteiger partial charge < -0.3 is 14.5 Å². The first-order valence-electron chi connectivity index (χ1n) is 10.5. The predicted molar refractivity (Wildman–Crippen MR) is 128 cm³/mol. The van der Waals surface area contributed by atoms with Crippen molar-refractivity contribution in [2.24, 2.45) is 4.99 Å². The molecule has 1 aromatic heterocycles. The van der Waals surface area contributed by atoms with Gasteiger partial charge in [-0.25, -0.2) is 0 Å². The van der Waals surface area contributed by atoms with Gasteiger partial charge in [0.2, 0.25) is 0 Å². The summed E-state index contributed by atoms with van der Waals surface area (Å²) in [5, 5.41) is 14.1. The molecule has 1 aliphatic rings. The van der Waals surface area contributed by atoms with Crippen LogP contribution in [-0.2, 0) is 0 Å². The van der Waals surface area contributed by atoms with Gasteiger partial charge in [-0.05, 0) is 67.9 Å². The third-order valence-electron chi connectivity index (χ3n) is 5.54. The molecule has 168 valence electrons. The number of fused-ring (bicyclic) bond motifs is 2. The molecule has 8 heteroatoms. The topological polar surface area (TPSA) is 107 Å². The molecule has 1 amide bonds. The number of para-hydroxylation sites is 2. The molecular formula is C26H19N3O5. The number of carbonyl (C=O) groups excluding carboxylic acids is 1. The van der Waals surface area contributed by atoms with E-state index in [1.54, 1.807) is 55.5 Å². The lowest BCUT2D eigenvalue weighted by molar-refractivity contribution is -0.385. The van der Waals surface area contributed by atoms with Gasteiger partial charge >= 0.3 is 0 Å². The van der Waals surface area contributed by atoms with Gasteiger partial charge in [0.05, 0.1) is 28.1 Å². The lowest BCUT2D eigenvalue weighted by Crippen LogP contribution is -2.10. The molecule has 0 radical (unpaired) electrons. The molecule has 0 unspecified atom stereocenters. The number of hydrogen-bond donors (Lipinski definition) is 1. The maximum absolute atomic E-state index is 12.7. The van der Waals surface area contributed by atoms with E-state index in [4.69, 9.17) is 9.15 Å². The van der Waals surface area contributed by atoms with E-state index in [0.717, 1.165) is 5.56 Å². The van der Waals surface area contributed by atoms with Gasteiger partial charge in [-0.2, -0.15) is 0 Å². The smallest absolute Gasteiger partial charge is 0.273 e. The van der Waals surface area contributed by atoms with Crippen LogP contribution in [0.25, 0.3) is 11.3 Å². The van der Waals surface area contributed by atoms with Crippen molar-refractivity contribution in [1.82, 2.24) is 0 Å². The minimum Gasteiger partial charge on any atom is -0.455 e. The predicted octanol–water partition coefficient (Wildman–Crippen LogP) is 6.58. The summed E-state index contributed by atoms with van der Waals surface area (Å²) in [7, 11) is 0. The van der Waals surface area contributed by atoms with Crippen LogP contribution in [0.15, 0.2) is 76.1 Å². The SMILES string of the molecule is Cc1cc(C)c([N+](=O)[O-])cc1-c1ccc(C=Nc2ccc3c(c2)C(=O)Nc2ccccc2O3)o1. The summed E-state index contributed by atoms with van der Waals surface area (Å²) in [6, 6.07) is 19.1. The number of ether oxygens (including phenoxy) is 1. The Bertz CT molecular complexity index is 1490. The van der Waals surface area contributed by atoms with E-state index in [1.807, 2.05) is 19.1 Å². The van der Waals surface area contributed by atoms with Crippen molar-refractivity contribution in [3.05, 3.63) is 99.3 Å². The van der Waals surface area contributed by atoms with Crippen LogP contribution in [-0.4, -0.2) is 17.0 Å². The molecule has 0 saturated heterocycles. The minimum absolute atomic E-state index is 0.0415. The highest BCUT2D eigenvalue weighted by Gasteiger charge is 2.21. The summed E-state index contributed by atoms with van der Waals surface area (Å²) in [5.41, 5.74) is 3.67. The Morgan fingerprint density at radius 2 is 1.76 bits per heavy atom. The molecule has 2 heterocycles. The maximum atomic E-state index is 12.7. The fourth-order valence-corrected chi connectivity index (χ4v) is 3.84. The molecule has 0 saturated carbocycles. The average Bonchev–Trinajstić information content (AvgIpc) is 3.22. The fourth-order valence-electron chi connectivity index (χ4n) is 3.84. The number of nitrogens with one attached hydrogen (secondary N) is 1. The Labute approximate surface area is 194 Å². The first-order chi connectivity index (χ1) is 16.4. The summed E-state index contributed by atoms with van der Waals surface area (Å²) < 4.78 is 11.8. The van der Waals surface area contributed by atoms with Crippen LogP contribution < -0.4 is 10.1 Å². The van der Waals surface area contributed by atoms with Gasteiger partial charge in [0.15, 0.2) is 5.75 Å². The lowest BCUT2D eigenvalue weighted by atomic mass is 10.0. The van der Waals surface area contributed by atoms with E-state index in [-0.39, 0.29) is 11.6 Å². The highest BCUT2D eigenvalue weighted by molar-refractivity contribution is 6.08. The Kier molecular flexibility index (Phi) is 5.18. The third-order valence-corrected chi connectivity index (χ3v) is 5.54. The average molecular weight is 453 g/mol. The standard InChI is InChI=1S/C26H19N3O5/c1-15-11-16(2)22(29(31)32)13-19(15)23-10-8-18(33-23)14-27-17-7-9-24-20(12-17)26(30)28-21-5-3-4-6-25(21)34-24/h3-14H,1-2H3,(H,28,30). The zero-order valence-corrected chi connectivity index (χ0v) is 18.4. The van der Waals surface area contributed by atoms with E-state index in [1.165, 1.54) is 12.3 Å². The summed E-state index contributed by atoms with van der Waals surface area (Å²) in [6.45, 7) is 3.59. The Hall–Kier alpha value is -4.72. The Morgan fingerprint density at radius 3 is 2.59 bits per heavy atom.